The van der Waals surface area contributed by atoms with Crippen molar-refractivity contribution in [2.75, 3.05) is 24.3 Å². The molecule has 1 aromatic rings. The van der Waals surface area contributed by atoms with E-state index in [4.69, 9.17) is 16.3 Å². The fourth-order valence-corrected chi connectivity index (χ4v) is 2.01. The number of alkyl halides is 1. The zero-order valence-electron chi connectivity index (χ0n) is 11.3. The molecule has 3 nitrogen and oxygen atoms in total. The molecule has 0 radical (unpaired) electrons. The van der Waals surface area contributed by atoms with E-state index in [1.54, 1.807) is 6.20 Å². The van der Waals surface area contributed by atoms with Gasteiger partial charge in [-0.1, -0.05) is 20.3 Å². The summed E-state index contributed by atoms with van der Waals surface area (Å²) in [7, 11) is 0. The zero-order valence-corrected chi connectivity index (χ0v) is 12.0. The van der Waals surface area contributed by atoms with E-state index in [-0.39, 0.29) is 0 Å². The van der Waals surface area contributed by atoms with Gasteiger partial charge in [0.05, 0.1) is 6.61 Å². The summed E-state index contributed by atoms with van der Waals surface area (Å²) in [6, 6.07) is 3.85. The quantitative estimate of drug-likeness (QED) is 0.690. The van der Waals surface area contributed by atoms with Crippen LogP contribution in [-0.2, 0) is 0 Å². The molecule has 1 atom stereocenters. The fourth-order valence-electron chi connectivity index (χ4n) is 1.70. The molecule has 0 aliphatic heterocycles. The van der Waals surface area contributed by atoms with Crippen molar-refractivity contribution in [2.45, 2.75) is 33.1 Å². The van der Waals surface area contributed by atoms with E-state index in [1.807, 2.05) is 12.1 Å². The lowest BCUT2D eigenvalue weighted by atomic mass is 10.0. The fraction of sp³-hybridized carbons (Fsp3) is 0.643. The van der Waals surface area contributed by atoms with Crippen LogP contribution in [0.15, 0.2) is 18.3 Å². The maximum atomic E-state index is 5.79. The SMILES string of the molecule is CCCOc1cccnc1NCC(CC)CCCl. The Kier molecular flexibility index (Phi) is 7.58. The summed E-state index contributed by atoms with van der Waals surface area (Å²) in [6.07, 6.45) is 4.93. The summed E-state index contributed by atoms with van der Waals surface area (Å²) < 4.78 is 5.66. The number of halogens is 1. The molecule has 102 valence electrons. The van der Waals surface area contributed by atoms with Gasteiger partial charge in [-0.3, -0.25) is 0 Å². The molecular formula is C14H23ClN2O. The van der Waals surface area contributed by atoms with Gasteiger partial charge in [-0.25, -0.2) is 4.98 Å². The van der Waals surface area contributed by atoms with E-state index in [1.165, 1.54) is 0 Å². The molecule has 0 saturated heterocycles. The van der Waals surface area contributed by atoms with Gasteiger partial charge in [0.1, 0.15) is 0 Å². The van der Waals surface area contributed by atoms with Crippen molar-refractivity contribution in [2.24, 2.45) is 5.92 Å². The van der Waals surface area contributed by atoms with Crippen molar-refractivity contribution in [3.63, 3.8) is 0 Å². The van der Waals surface area contributed by atoms with Crippen LogP contribution < -0.4 is 10.1 Å². The molecule has 0 aromatic carbocycles. The Balaban J connectivity index is 2.54. The van der Waals surface area contributed by atoms with Crippen molar-refractivity contribution in [1.29, 1.82) is 0 Å². The number of ether oxygens (including phenoxy) is 1. The van der Waals surface area contributed by atoms with Gasteiger partial charge in [0.2, 0.25) is 0 Å². The summed E-state index contributed by atoms with van der Waals surface area (Å²) in [5, 5.41) is 3.36. The van der Waals surface area contributed by atoms with Crippen LogP contribution in [0.2, 0.25) is 0 Å². The molecule has 1 aromatic heterocycles. The standard InChI is InChI=1S/C14H23ClN2O/c1-3-10-18-13-6-5-9-16-14(13)17-11-12(4-2)7-8-15/h5-6,9,12H,3-4,7-8,10-11H2,1-2H3,(H,16,17). The van der Waals surface area contributed by atoms with Gasteiger partial charge < -0.3 is 10.1 Å². The third kappa shape index (κ3) is 5.13. The van der Waals surface area contributed by atoms with Crippen molar-refractivity contribution in [3.05, 3.63) is 18.3 Å². The highest BCUT2D eigenvalue weighted by atomic mass is 35.5. The van der Waals surface area contributed by atoms with E-state index in [2.05, 4.69) is 24.1 Å². The monoisotopic (exact) mass is 270 g/mol. The van der Waals surface area contributed by atoms with Gasteiger partial charge in [-0.2, -0.15) is 0 Å². The lowest BCUT2D eigenvalue weighted by Crippen LogP contribution is -2.15. The first-order chi connectivity index (χ1) is 8.81. The van der Waals surface area contributed by atoms with Crippen molar-refractivity contribution < 1.29 is 4.74 Å². The Bertz CT molecular complexity index is 333. The second-order valence-electron chi connectivity index (χ2n) is 4.33. The largest absolute Gasteiger partial charge is 0.490 e. The van der Waals surface area contributed by atoms with Crippen LogP contribution in [-0.4, -0.2) is 24.0 Å². The first kappa shape index (κ1) is 15.1. The summed E-state index contributed by atoms with van der Waals surface area (Å²) in [5.74, 6) is 2.96. The number of nitrogens with zero attached hydrogens (tertiary/aromatic N) is 1. The Morgan fingerprint density at radius 2 is 2.28 bits per heavy atom. The number of aromatic nitrogens is 1. The third-order valence-corrected chi connectivity index (χ3v) is 3.10. The van der Waals surface area contributed by atoms with Crippen LogP contribution >= 0.6 is 11.6 Å². The molecule has 1 unspecified atom stereocenters. The molecule has 1 rings (SSSR count). The van der Waals surface area contributed by atoms with E-state index >= 15 is 0 Å². The predicted octanol–water partition coefficient (Wildman–Crippen LogP) is 3.94. The minimum absolute atomic E-state index is 0.587. The first-order valence-corrected chi connectivity index (χ1v) is 7.22. The Hall–Kier alpha value is -0.960. The maximum Gasteiger partial charge on any atom is 0.168 e. The maximum absolute atomic E-state index is 5.79. The molecule has 0 amide bonds. The Morgan fingerprint density at radius 3 is 2.94 bits per heavy atom. The molecule has 0 spiro atoms. The normalized spacial score (nSPS) is 12.2. The lowest BCUT2D eigenvalue weighted by Gasteiger charge is -2.16. The Morgan fingerprint density at radius 1 is 1.44 bits per heavy atom. The van der Waals surface area contributed by atoms with Gasteiger partial charge in [0.15, 0.2) is 11.6 Å². The minimum Gasteiger partial charge on any atom is -0.490 e. The molecule has 0 aliphatic carbocycles. The highest BCUT2D eigenvalue weighted by Gasteiger charge is 2.08. The minimum atomic E-state index is 0.587. The highest BCUT2D eigenvalue weighted by Crippen LogP contribution is 2.22. The number of hydrogen-bond acceptors (Lipinski definition) is 3. The predicted molar refractivity (Wildman–Crippen MR) is 77.6 cm³/mol. The molecule has 0 saturated carbocycles. The number of pyridine rings is 1. The van der Waals surface area contributed by atoms with Crippen molar-refractivity contribution in [3.8, 4) is 5.75 Å². The molecule has 18 heavy (non-hydrogen) atoms. The topological polar surface area (TPSA) is 34.1 Å². The van der Waals surface area contributed by atoms with Crippen LogP contribution in [0.1, 0.15) is 33.1 Å². The van der Waals surface area contributed by atoms with Gasteiger partial charge in [-0.15, -0.1) is 11.6 Å². The Labute approximate surface area is 115 Å². The van der Waals surface area contributed by atoms with Gasteiger partial charge in [-0.05, 0) is 30.9 Å². The van der Waals surface area contributed by atoms with Crippen LogP contribution in [0.3, 0.4) is 0 Å². The number of hydrogen-bond donors (Lipinski definition) is 1. The smallest absolute Gasteiger partial charge is 0.168 e. The lowest BCUT2D eigenvalue weighted by molar-refractivity contribution is 0.317. The average Bonchev–Trinajstić information content (AvgIpc) is 2.42. The van der Waals surface area contributed by atoms with E-state index < -0.39 is 0 Å². The number of nitrogens with one attached hydrogen (secondary N) is 1. The van der Waals surface area contributed by atoms with Crippen LogP contribution in [0.5, 0.6) is 5.75 Å². The average molecular weight is 271 g/mol. The zero-order chi connectivity index (χ0) is 13.2. The summed E-state index contributed by atoms with van der Waals surface area (Å²) >= 11 is 5.79. The summed E-state index contributed by atoms with van der Waals surface area (Å²) in [6.45, 7) is 5.89. The number of anilines is 1. The second-order valence-corrected chi connectivity index (χ2v) is 4.71. The number of rotatable bonds is 9. The van der Waals surface area contributed by atoms with E-state index in [0.717, 1.165) is 44.0 Å². The molecule has 1 heterocycles. The molecule has 0 bridgehead atoms. The molecule has 4 heteroatoms. The van der Waals surface area contributed by atoms with Crippen molar-refractivity contribution >= 4 is 17.4 Å². The summed E-state index contributed by atoms with van der Waals surface area (Å²) in [5.41, 5.74) is 0. The highest BCUT2D eigenvalue weighted by molar-refractivity contribution is 6.17. The van der Waals surface area contributed by atoms with Crippen LogP contribution in [0.25, 0.3) is 0 Å². The van der Waals surface area contributed by atoms with Gasteiger partial charge in [0.25, 0.3) is 0 Å². The van der Waals surface area contributed by atoms with E-state index in [0.29, 0.717) is 11.8 Å². The van der Waals surface area contributed by atoms with Crippen molar-refractivity contribution in [1.82, 2.24) is 4.98 Å². The molecule has 0 fully saturated rings. The second kappa shape index (κ2) is 9.03. The first-order valence-electron chi connectivity index (χ1n) is 6.69. The molecular weight excluding hydrogens is 248 g/mol. The molecule has 0 aliphatic rings. The van der Waals surface area contributed by atoms with Crippen LogP contribution in [0, 0.1) is 5.92 Å². The third-order valence-electron chi connectivity index (χ3n) is 2.89. The van der Waals surface area contributed by atoms with E-state index in [9.17, 15) is 0 Å². The summed E-state index contributed by atoms with van der Waals surface area (Å²) in [4.78, 5) is 4.33. The molecule has 1 N–H and O–H groups in total. The van der Waals surface area contributed by atoms with Crippen LogP contribution in [0.4, 0.5) is 5.82 Å². The van der Waals surface area contributed by atoms with Gasteiger partial charge in [0, 0.05) is 18.6 Å². The van der Waals surface area contributed by atoms with Gasteiger partial charge >= 0.3 is 0 Å².